The molecule has 1 saturated heterocycles. The number of H-pyrrole nitrogens is 1. The van der Waals surface area contributed by atoms with E-state index in [4.69, 9.17) is 27.9 Å². The Balaban J connectivity index is 1.74. The Morgan fingerprint density at radius 1 is 0.818 bits per heavy atom. The van der Waals surface area contributed by atoms with Gasteiger partial charge in [0.15, 0.2) is 6.23 Å². The van der Waals surface area contributed by atoms with E-state index < -0.39 is 37.3 Å². The number of fused-ring (bicyclic) bond motifs is 7. The van der Waals surface area contributed by atoms with Gasteiger partial charge in [0.05, 0.1) is 23.2 Å². The van der Waals surface area contributed by atoms with Gasteiger partial charge in [-0.15, -0.1) is 0 Å². The molecule has 0 radical (unpaired) electrons. The zero-order chi connectivity index (χ0) is 23.0. The molecule has 0 saturated carbocycles. The highest BCUT2D eigenvalue weighted by molar-refractivity contribution is 6.33. The van der Waals surface area contributed by atoms with Gasteiger partial charge in [0.2, 0.25) is 0 Å². The van der Waals surface area contributed by atoms with Crippen LogP contribution in [0.1, 0.15) is 6.23 Å². The van der Waals surface area contributed by atoms with E-state index in [-0.39, 0.29) is 0 Å². The molecule has 33 heavy (non-hydrogen) atoms. The quantitative estimate of drug-likeness (QED) is 0.261. The number of aromatic nitrogens is 2. The predicted molar refractivity (Wildman–Crippen MR) is 128 cm³/mol. The molecule has 9 heteroatoms. The van der Waals surface area contributed by atoms with Crippen molar-refractivity contribution >= 4 is 66.8 Å². The van der Waals surface area contributed by atoms with E-state index >= 15 is 0 Å². The van der Waals surface area contributed by atoms with E-state index in [0.717, 1.165) is 43.6 Å². The van der Waals surface area contributed by atoms with Crippen molar-refractivity contribution in [3.8, 4) is 0 Å². The molecule has 0 bridgehead atoms. The van der Waals surface area contributed by atoms with Crippen LogP contribution in [-0.2, 0) is 4.74 Å². The second kappa shape index (κ2) is 7.58. The molecule has 0 amide bonds. The number of aromatic amines is 1. The number of aliphatic hydroxyl groups excluding tert-OH is 4. The first-order valence-corrected chi connectivity index (χ1v) is 11.3. The zero-order valence-corrected chi connectivity index (χ0v) is 18.6. The third kappa shape index (κ3) is 3.02. The summed E-state index contributed by atoms with van der Waals surface area (Å²) in [5, 5.41) is 46.1. The molecule has 6 rings (SSSR count). The van der Waals surface area contributed by atoms with Crippen LogP contribution < -0.4 is 0 Å². The topological polar surface area (TPSA) is 111 Å². The summed E-state index contributed by atoms with van der Waals surface area (Å²) in [6, 6.07) is 15.0. The second-order valence-corrected chi connectivity index (χ2v) is 9.32. The van der Waals surface area contributed by atoms with E-state index in [9.17, 15) is 20.4 Å². The monoisotopic (exact) mass is 486 g/mol. The maximum Gasteiger partial charge on any atom is 0.163 e. The second-order valence-electron chi connectivity index (χ2n) is 8.45. The fourth-order valence-electron chi connectivity index (χ4n) is 5.01. The van der Waals surface area contributed by atoms with Gasteiger partial charge in [-0.05, 0) is 36.4 Å². The molecule has 7 nitrogen and oxygen atoms in total. The fraction of sp³-hybridized carbons (Fsp3) is 0.250. The Morgan fingerprint density at radius 3 is 2.27 bits per heavy atom. The summed E-state index contributed by atoms with van der Waals surface area (Å²) >= 11 is 12.6. The molecule has 2 aromatic heterocycles. The van der Waals surface area contributed by atoms with Gasteiger partial charge < -0.3 is 34.7 Å². The molecule has 0 aliphatic carbocycles. The lowest BCUT2D eigenvalue weighted by Gasteiger charge is -2.41. The molecule has 5 unspecified atom stereocenters. The van der Waals surface area contributed by atoms with Crippen molar-refractivity contribution in [1.29, 1.82) is 0 Å². The summed E-state index contributed by atoms with van der Waals surface area (Å²) < 4.78 is 7.74. The van der Waals surface area contributed by atoms with Crippen LogP contribution in [-0.4, -0.2) is 61.0 Å². The highest BCUT2D eigenvalue weighted by Crippen LogP contribution is 2.42. The molecule has 5 N–H and O–H groups in total. The molecular formula is C24H20Cl2N2O5. The van der Waals surface area contributed by atoms with E-state index in [0.29, 0.717) is 10.0 Å². The first kappa shape index (κ1) is 21.2. The Morgan fingerprint density at radius 2 is 1.52 bits per heavy atom. The minimum absolute atomic E-state index is 0.509. The third-order valence-electron chi connectivity index (χ3n) is 6.58. The average molecular weight is 487 g/mol. The number of rotatable bonds is 2. The van der Waals surface area contributed by atoms with Crippen molar-refractivity contribution < 1.29 is 25.2 Å². The normalized spacial score (nSPS) is 26.2. The van der Waals surface area contributed by atoms with Crippen molar-refractivity contribution in [2.75, 3.05) is 6.61 Å². The van der Waals surface area contributed by atoms with Crippen LogP contribution in [0.5, 0.6) is 0 Å². The highest BCUT2D eigenvalue weighted by Gasteiger charge is 2.45. The van der Waals surface area contributed by atoms with Crippen LogP contribution >= 0.6 is 23.2 Å². The van der Waals surface area contributed by atoms with Gasteiger partial charge in [0.25, 0.3) is 0 Å². The van der Waals surface area contributed by atoms with Gasteiger partial charge in [0, 0.05) is 37.1 Å². The SMILES string of the molecule is OCC1OC(n2c3ccc(Cl)cc3c3ccc4c5cc(Cl)ccc5[nH]c4c32)C(O)C(O)C1O. The van der Waals surface area contributed by atoms with E-state index in [2.05, 4.69) is 4.98 Å². The smallest absolute Gasteiger partial charge is 0.163 e. The van der Waals surface area contributed by atoms with Gasteiger partial charge in [-0.3, -0.25) is 0 Å². The third-order valence-corrected chi connectivity index (χ3v) is 7.05. The summed E-state index contributed by atoms with van der Waals surface area (Å²) in [6.45, 7) is -0.509. The van der Waals surface area contributed by atoms with Gasteiger partial charge in [0.1, 0.15) is 24.4 Å². The Labute approximate surface area is 197 Å². The molecule has 5 aromatic rings. The largest absolute Gasteiger partial charge is 0.394 e. The summed E-state index contributed by atoms with van der Waals surface area (Å²) in [7, 11) is 0. The molecular weight excluding hydrogens is 467 g/mol. The van der Waals surface area contributed by atoms with Gasteiger partial charge in [-0.25, -0.2) is 0 Å². The van der Waals surface area contributed by atoms with Crippen molar-refractivity contribution in [3.05, 3.63) is 58.6 Å². The zero-order valence-electron chi connectivity index (χ0n) is 17.1. The Bertz CT molecular complexity index is 1540. The van der Waals surface area contributed by atoms with Crippen LogP contribution in [0.25, 0.3) is 43.6 Å². The van der Waals surface area contributed by atoms with E-state index in [1.807, 2.05) is 42.5 Å². The lowest BCUT2D eigenvalue weighted by molar-refractivity contribution is -0.249. The number of nitrogens with zero attached hydrogens (tertiary/aromatic N) is 1. The molecule has 0 spiro atoms. The van der Waals surface area contributed by atoms with Gasteiger partial charge in [-0.2, -0.15) is 0 Å². The minimum Gasteiger partial charge on any atom is -0.394 e. The lowest BCUT2D eigenvalue weighted by Crippen LogP contribution is -2.56. The van der Waals surface area contributed by atoms with E-state index in [1.165, 1.54) is 0 Å². The fourth-order valence-corrected chi connectivity index (χ4v) is 5.35. The first-order valence-electron chi connectivity index (χ1n) is 10.5. The Hall–Kier alpha value is -2.36. The Kier molecular flexibility index (Phi) is 4.87. The molecule has 3 heterocycles. The van der Waals surface area contributed by atoms with Crippen LogP contribution in [0.15, 0.2) is 48.5 Å². The van der Waals surface area contributed by atoms with Crippen molar-refractivity contribution in [2.24, 2.45) is 0 Å². The van der Waals surface area contributed by atoms with Crippen LogP contribution in [0, 0.1) is 0 Å². The predicted octanol–water partition coefficient (Wildman–Crippen LogP) is 3.71. The van der Waals surface area contributed by atoms with Crippen molar-refractivity contribution in [2.45, 2.75) is 30.6 Å². The molecule has 170 valence electrons. The van der Waals surface area contributed by atoms with Crippen LogP contribution in [0.3, 0.4) is 0 Å². The van der Waals surface area contributed by atoms with Crippen LogP contribution in [0.4, 0.5) is 0 Å². The average Bonchev–Trinajstić information content (AvgIpc) is 3.33. The number of hydrogen-bond acceptors (Lipinski definition) is 5. The number of aliphatic hydroxyl groups is 4. The summed E-state index contributed by atoms with van der Waals surface area (Å²) in [5.41, 5.74) is 3.16. The molecule has 1 aliphatic heterocycles. The number of nitrogens with one attached hydrogen (secondary N) is 1. The van der Waals surface area contributed by atoms with Crippen molar-refractivity contribution in [3.63, 3.8) is 0 Å². The number of hydrogen-bond donors (Lipinski definition) is 5. The van der Waals surface area contributed by atoms with E-state index in [1.54, 1.807) is 10.6 Å². The molecule has 1 fully saturated rings. The minimum atomic E-state index is -1.50. The van der Waals surface area contributed by atoms with Gasteiger partial charge >= 0.3 is 0 Å². The summed E-state index contributed by atoms with van der Waals surface area (Å²) in [5.74, 6) is 0. The highest BCUT2D eigenvalue weighted by atomic mass is 35.5. The summed E-state index contributed by atoms with van der Waals surface area (Å²) in [6.07, 6.45) is -6.48. The van der Waals surface area contributed by atoms with Gasteiger partial charge in [-0.1, -0.05) is 35.3 Å². The number of halogens is 2. The molecule has 5 atom stereocenters. The maximum atomic E-state index is 10.9. The summed E-state index contributed by atoms with van der Waals surface area (Å²) in [4.78, 5) is 3.45. The lowest BCUT2D eigenvalue weighted by atomic mass is 9.98. The first-order chi connectivity index (χ1) is 15.9. The number of benzene rings is 3. The standard InChI is InChI=1S/C24H20Cl2N2O5/c25-10-1-5-16-14(7-10)12-3-4-13-15-8-11(26)2-6-17(15)28(20(13)19(12)27-16)24-23(32)22(31)21(30)18(9-29)33-24/h1-8,18,21-24,27,29-32H,9H2. The number of ether oxygens (including phenoxy) is 1. The molecule has 3 aromatic carbocycles. The van der Waals surface area contributed by atoms with Crippen LogP contribution in [0.2, 0.25) is 10.0 Å². The maximum absolute atomic E-state index is 10.9. The van der Waals surface area contributed by atoms with Crippen molar-refractivity contribution in [1.82, 2.24) is 9.55 Å². The molecule has 1 aliphatic rings.